The lowest BCUT2D eigenvalue weighted by atomic mass is 9.78. The largest absolute Gasteiger partial charge is 0.423 e. The van der Waals surface area contributed by atoms with E-state index in [0.29, 0.717) is 22.6 Å². The van der Waals surface area contributed by atoms with Gasteiger partial charge >= 0.3 is 11.9 Å². The second kappa shape index (κ2) is 9.44. The van der Waals surface area contributed by atoms with Crippen molar-refractivity contribution in [3.05, 3.63) is 120 Å². The summed E-state index contributed by atoms with van der Waals surface area (Å²) in [4.78, 5) is 32.3. The van der Waals surface area contributed by atoms with Gasteiger partial charge in [0.05, 0.1) is 11.1 Å². The summed E-state index contributed by atoms with van der Waals surface area (Å²) >= 11 is 0. The minimum Gasteiger partial charge on any atom is -0.423 e. The van der Waals surface area contributed by atoms with Crippen molar-refractivity contribution in [2.45, 2.75) is 19.3 Å². The molecule has 0 atom stereocenters. The number of benzene rings is 2. The lowest BCUT2D eigenvalue weighted by molar-refractivity contribution is 0.0725. The van der Waals surface area contributed by atoms with Crippen LogP contribution in [0.5, 0.6) is 11.5 Å². The predicted molar refractivity (Wildman–Crippen MR) is 123 cm³/mol. The average molecular weight is 438 g/mol. The Kier molecular flexibility index (Phi) is 6.26. The summed E-state index contributed by atoms with van der Waals surface area (Å²) in [5.74, 6) is 0.0760. The molecule has 0 N–H and O–H groups in total. The van der Waals surface area contributed by atoms with Gasteiger partial charge in [-0.2, -0.15) is 0 Å². The van der Waals surface area contributed by atoms with Crippen LogP contribution in [0.1, 0.15) is 45.7 Å². The van der Waals surface area contributed by atoms with E-state index in [9.17, 15) is 9.59 Å². The molecule has 0 aliphatic rings. The fraction of sp³-hybridized carbons (Fsp3) is 0.111. The van der Waals surface area contributed by atoms with Crippen molar-refractivity contribution >= 4 is 11.9 Å². The minimum atomic E-state index is -0.429. The van der Waals surface area contributed by atoms with Crippen LogP contribution >= 0.6 is 0 Å². The maximum Gasteiger partial charge on any atom is 0.343 e. The quantitative estimate of drug-likeness (QED) is 0.303. The van der Waals surface area contributed by atoms with Gasteiger partial charge in [0.15, 0.2) is 0 Å². The Hall–Kier alpha value is -4.32. The minimum absolute atomic E-state index is 0.318. The summed E-state index contributed by atoms with van der Waals surface area (Å²) in [6.07, 6.45) is 6.20. The van der Waals surface area contributed by atoms with E-state index in [0.717, 1.165) is 11.1 Å². The van der Waals surface area contributed by atoms with Crippen molar-refractivity contribution in [1.29, 1.82) is 0 Å². The third-order valence-electron chi connectivity index (χ3n) is 5.41. The Morgan fingerprint density at radius 1 is 0.576 bits per heavy atom. The monoisotopic (exact) mass is 438 g/mol. The van der Waals surface area contributed by atoms with Crippen molar-refractivity contribution in [2.75, 3.05) is 0 Å². The third-order valence-corrected chi connectivity index (χ3v) is 5.41. The van der Waals surface area contributed by atoms with Gasteiger partial charge in [0, 0.05) is 30.2 Å². The number of aromatic nitrogens is 2. The SMILES string of the molecule is CC(C)(c1ccc(OC(=O)c2ccncc2)cc1)c1ccc(OC(=O)c2ccncc2)cc1. The van der Waals surface area contributed by atoms with E-state index in [1.54, 1.807) is 73.3 Å². The van der Waals surface area contributed by atoms with Crippen LogP contribution < -0.4 is 9.47 Å². The summed E-state index contributed by atoms with van der Waals surface area (Å²) in [6.45, 7) is 4.20. The lowest BCUT2D eigenvalue weighted by Crippen LogP contribution is -2.19. The number of carbonyl (C=O) groups is 2. The molecule has 6 nitrogen and oxygen atoms in total. The van der Waals surface area contributed by atoms with E-state index in [1.165, 1.54) is 0 Å². The molecule has 0 radical (unpaired) electrons. The zero-order valence-corrected chi connectivity index (χ0v) is 18.3. The Morgan fingerprint density at radius 3 is 1.24 bits per heavy atom. The Balaban J connectivity index is 1.44. The molecule has 6 heteroatoms. The lowest BCUT2D eigenvalue weighted by Gasteiger charge is -2.26. The van der Waals surface area contributed by atoms with E-state index in [4.69, 9.17) is 9.47 Å². The van der Waals surface area contributed by atoms with Crippen LogP contribution in [-0.2, 0) is 5.41 Å². The zero-order valence-electron chi connectivity index (χ0n) is 18.3. The molecule has 4 rings (SSSR count). The highest BCUT2D eigenvalue weighted by Crippen LogP contribution is 2.33. The molecule has 2 heterocycles. The summed E-state index contributed by atoms with van der Waals surface area (Å²) < 4.78 is 10.9. The highest BCUT2D eigenvalue weighted by molar-refractivity contribution is 5.91. The number of esters is 2. The number of ether oxygens (including phenoxy) is 2. The van der Waals surface area contributed by atoms with Gasteiger partial charge in [-0.05, 0) is 59.7 Å². The number of nitrogens with zero attached hydrogens (tertiary/aromatic N) is 2. The Labute approximate surface area is 191 Å². The van der Waals surface area contributed by atoms with Crippen LogP contribution in [0.15, 0.2) is 97.6 Å². The first-order valence-electron chi connectivity index (χ1n) is 10.4. The number of hydrogen-bond acceptors (Lipinski definition) is 6. The van der Waals surface area contributed by atoms with Gasteiger partial charge < -0.3 is 9.47 Å². The first-order chi connectivity index (χ1) is 15.9. The number of carbonyl (C=O) groups excluding carboxylic acids is 2. The van der Waals surface area contributed by atoms with Crippen LogP contribution in [0, 0.1) is 0 Å². The van der Waals surface area contributed by atoms with E-state index < -0.39 is 11.9 Å². The van der Waals surface area contributed by atoms with Crippen molar-refractivity contribution in [1.82, 2.24) is 9.97 Å². The van der Waals surface area contributed by atoms with E-state index in [-0.39, 0.29) is 5.41 Å². The molecule has 2 aromatic heterocycles. The molecule has 2 aromatic carbocycles. The highest BCUT2D eigenvalue weighted by atomic mass is 16.5. The molecule has 0 unspecified atom stereocenters. The number of pyridine rings is 2. The maximum absolute atomic E-state index is 12.2. The number of hydrogen-bond donors (Lipinski definition) is 0. The molecule has 0 fully saturated rings. The number of rotatable bonds is 6. The molecular weight excluding hydrogens is 416 g/mol. The summed E-state index contributed by atoms with van der Waals surface area (Å²) in [5.41, 5.74) is 2.67. The van der Waals surface area contributed by atoms with Gasteiger partial charge in [-0.1, -0.05) is 38.1 Å². The van der Waals surface area contributed by atoms with Crippen LogP contribution in [-0.4, -0.2) is 21.9 Å². The van der Waals surface area contributed by atoms with Gasteiger partial charge in [0.2, 0.25) is 0 Å². The molecule has 0 amide bonds. The molecule has 164 valence electrons. The van der Waals surface area contributed by atoms with Gasteiger partial charge in [-0.25, -0.2) is 9.59 Å². The topological polar surface area (TPSA) is 78.4 Å². The van der Waals surface area contributed by atoms with E-state index in [2.05, 4.69) is 23.8 Å². The zero-order chi connectivity index (χ0) is 23.3. The first kappa shape index (κ1) is 21.9. The third kappa shape index (κ3) is 5.13. The fourth-order valence-electron chi connectivity index (χ4n) is 3.35. The normalized spacial score (nSPS) is 11.0. The fourth-order valence-corrected chi connectivity index (χ4v) is 3.35. The van der Waals surface area contributed by atoms with E-state index >= 15 is 0 Å². The molecule has 0 spiro atoms. The standard InChI is InChI=1S/C27H22N2O4/c1-27(2,21-3-7-23(8-4-21)32-25(30)19-11-15-28-16-12-19)22-5-9-24(10-6-22)33-26(31)20-13-17-29-18-14-20/h3-18H,1-2H3. The Bertz CT molecular complexity index is 1140. The van der Waals surface area contributed by atoms with Crippen molar-refractivity contribution < 1.29 is 19.1 Å². The first-order valence-corrected chi connectivity index (χ1v) is 10.4. The van der Waals surface area contributed by atoms with Crippen molar-refractivity contribution in [3.8, 4) is 11.5 Å². The summed E-state index contributed by atoms with van der Waals surface area (Å²) in [6, 6.07) is 21.3. The summed E-state index contributed by atoms with van der Waals surface area (Å²) in [7, 11) is 0. The molecule has 0 aliphatic heterocycles. The van der Waals surface area contributed by atoms with Gasteiger partial charge in [-0.3, -0.25) is 9.97 Å². The molecule has 0 aliphatic carbocycles. The van der Waals surface area contributed by atoms with Crippen LogP contribution in [0.2, 0.25) is 0 Å². The predicted octanol–water partition coefficient (Wildman–Crippen LogP) is 5.24. The van der Waals surface area contributed by atoms with Crippen LogP contribution in [0.4, 0.5) is 0 Å². The van der Waals surface area contributed by atoms with Crippen molar-refractivity contribution in [3.63, 3.8) is 0 Å². The second-order valence-corrected chi connectivity index (χ2v) is 7.92. The molecule has 0 saturated carbocycles. The molecule has 33 heavy (non-hydrogen) atoms. The smallest absolute Gasteiger partial charge is 0.343 e. The van der Waals surface area contributed by atoms with Crippen LogP contribution in [0.25, 0.3) is 0 Å². The molecule has 4 aromatic rings. The van der Waals surface area contributed by atoms with Gasteiger partial charge in [-0.15, -0.1) is 0 Å². The summed E-state index contributed by atoms with van der Waals surface area (Å²) in [5, 5.41) is 0. The average Bonchev–Trinajstić information content (AvgIpc) is 2.86. The van der Waals surface area contributed by atoms with Crippen molar-refractivity contribution in [2.24, 2.45) is 0 Å². The van der Waals surface area contributed by atoms with Gasteiger partial charge in [0.25, 0.3) is 0 Å². The molecule has 0 saturated heterocycles. The molecular formula is C27H22N2O4. The second-order valence-electron chi connectivity index (χ2n) is 7.92. The van der Waals surface area contributed by atoms with E-state index in [1.807, 2.05) is 24.3 Å². The van der Waals surface area contributed by atoms with Gasteiger partial charge in [0.1, 0.15) is 11.5 Å². The highest BCUT2D eigenvalue weighted by Gasteiger charge is 2.23. The Morgan fingerprint density at radius 2 is 0.909 bits per heavy atom. The van der Waals surface area contributed by atoms with Crippen LogP contribution in [0.3, 0.4) is 0 Å². The molecule has 0 bridgehead atoms. The maximum atomic E-state index is 12.2.